The third kappa shape index (κ3) is 2.19. The second-order valence-corrected chi connectivity index (χ2v) is 5.23. The van der Waals surface area contributed by atoms with Crippen LogP contribution in [0, 0.1) is 6.92 Å². The second-order valence-electron chi connectivity index (χ2n) is 4.23. The molecule has 3 N–H and O–H groups in total. The van der Waals surface area contributed by atoms with Crippen LogP contribution in [0.25, 0.3) is 10.2 Å². The van der Waals surface area contributed by atoms with Crippen LogP contribution in [0.1, 0.15) is 15.4 Å². The second kappa shape index (κ2) is 4.86. The van der Waals surface area contributed by atoms with Gasteiger partial charge in [-0.25, -0.2) is 15.0 Å². The molecule has 0 bridgehead atoms. The Hall–Kier alpha value is -2.54. The van der Waals surface area contributed by atoms with E-state index in [1.54, 1.807) is 0 Å². The van der Waals surface area contributed by atoms with Crippen LogP contribution in [0.5, 0.6) is 0 Å². The summed E-state index contributed by atoms with van der Waals surface area (Å²) in [6.07, 6.45) is 4.45. The van der Waals surface area contributed by atoms with Gasteiger partial charge in [0.25, 0.3) is 5.91 Å². The average Bonchev–Trinajstić information content (AvgIpc) is 2.76. The highest BCUT2D eigenvalue weighted by atomic mass is 32.1. The number of thiophene rings is 1. The number of nitrogen functional groups attached to an aromatic ring is 1. The van der Waals surface area contributed by atoms with Crippen LogP contribution in [-0.2, 0) is 0 Å². The number of amides is 1. The number of carbonyl (C=O) groups is 1. The predicted octanol–water partition coefficient (Wildman–Crippen LogP) is 2.23. The Kier molecular flexibility index (Phi) is 3.03. The van der Waals surface area contributed by atoms with Crippen LogP contribution in [-0.4, -0.2) is 20.9 Å². The summed E-state index contributed by atoms with van der Waals surface area (Å²) in [6, 6.07) is 3.75. The number of aromatic nitrogens is 3. The summed E-state index contributed by atoms with van der Waals surface area (Å²) in [5.41, 5.74) is 7.89. The molecule has 0 aliphatic carbocycles. The maximum atomic E-state index is 12.2. The molecule has 0 fully saturated rings. The Morgan fingerprint density at radius 1 is 1.30 bits per heavy atom. The zero-order valence-electron chi connectivity index (χ0n) is 10.6. The lowest BCUT2D eigenvalue weighted by Crippen LogP contribution is -2.12. The Labute approximate surface area is 118 Å². The summed E-state index contributed by atoms with van der Waals surface area (Å²) < 4.78 is 0. The van der Waals surface area contributed by atoms with Gasteiger partial charge in [-0.2, -0.15) is 0 Å². The molecule has 0 unspecified atom stereocenters. The van der Waals surface area contributed by atoms with E-state index in [9.17, 15) is 4.79 Å². The average molecular weight is 285 g/mol. The maximum absolute atomic E-state index is 12.2. The van der Waals surface area contributed by atoms with E-state index < -0.39 is 0 Å². The van der Waals surface area contributed by atoms with E-state index in [1.165, 1.54) is 30.1 Å². The molecule has 0 aromatic carbocycles. The molecule has 0 aliphatic rings. The summed E-state index contributed by atoms with van der Waals surface area (Å²) in [4.78, 5) is 25.5. The van der Waals surface area contributed by atoms with Crippen molar-refractivity contribution in [2.45, 2.75) is 6.92 Å². The van der Waals surface area contributed by atoms with Crippen LogP contribution >= 0.6 is 11.3 Å². The van der Waals surface area contributed by atoms with Crippen LogP contribution in [0.2, 0.25) is 0 Å². The molecular weight excluding hydrogens is 274 g/mol. The molecule has 3 rings (SSSR count). The molecule has 100 valence electrons. The van der Waals surface area contributed by atoms with Gasteiger partial charge in [-0.1, -0.05) is 0 Å². The Morgan fingerprint density at radius 3 is 2.80 bits per heavy atom. The molecule has 0 saturated carbocycles. The third-order valence-corrected chi connectivity index (χ3v) is 3.87. The van der Waals surface area contributed by atoms with Crippen molar-refractivity contribution >= 4 is 38.8 Å². The van der Waals surface area contributed by atoms with Crippen molar-refractivity contribution < 1.29 is 4.79 Å². The van der Waals surface area contributed by atoms with E-state index >= 15 is 0 Å². The minimum absolute atomic E-state index is 0.280. The van der Waals surface area contributed by atoms with Gasteiger partial charge >= 0.3 is 0 Å². The zero-order valence-corrected chi connectivity index (χ0v) is 11.4. The van der Waals surface area contributed by atoms with Gasteiger partial charge in [-0.15, -0.1) is 11.3 Å². The van der Waals surface area contributed by atoms with E-state index in [2.05, 4.69) is 20.3 Å². The summed E-state index contributed by atoms with van der Waals surface area (Å²) in [5.74, 6) is -0.280. The predicted molar refractivity (Wildman–Crippen MR) is 78.8 cm³/mol. The summed E-state index contributed by atoms with van der Waals surface area (Å²) in [7, 11) is 0. The lowest BCUT2D eigenvalue weighted by Gasteiger charge is -2.02. The summed E-state index contributed by atoms with van der Waals surface area (Å²) in [5, 5.41) is 3.51. The number of fused-ring (bicyclic) bond motifs is 1. The first-order chi connectivity index (χ1) is 9.65. The number of carbonyl (C=O) groups excluding carboxylic acids is 1. The summed E-state index contributed by atoms with van der Waals surface area (Å²) in [6.45, 7) is 1.90. The number of nitrogens with two attached hydrogens (primary N) is 1. The molecule has 0 atom stereocenters. The molecular formula is C13H11N5OS. The van der Waals surface area contributed by atoms with Crippen molar-refractivity contribution in [3.8, 4) is 0 Å². The van der Waals surface area contributed by atoms with Crippen LogP contribution in [0.3, 0.4) is 0 Å². The zero-order chi connectivity index (χ0) is 14.1. The minimum atomic E-state index is -0.280. The first kappa shape index (κ1) is 12.5. The van der Waals surface area contributed by atoms with Crippen molar-refractivity contribution in [2.24, 2.45) is 0 Å². The van der Waals surface area contributed by atoms with Gasteiger partial charge in [0.2, 0.25) is 0 Å². The molecule has 1 amide bonds. The SMILES string of the molecule is Cc1ccc2c(N)c(C(=O)Nc3cncnc3)sc2n1. The number of hydrogen-bond donors (Lipinski definition) is 2. The van der Waals surface area contributed by atoms with Gasteiger partial charge in [0.05, 0.1) is 23.8 Å². The largest absolute Gasteiger partial charge is 0.397 e. The van der Waals surface area contributed by atoms with Gasteiger partial charge in [-0.05, 0) is 19.1 Å². The molecule has 3 heterocycles. The van der Waals surface area contributed by atoms with Crippen molar-refractivity contribution in [1.29, 1.82) is 0 Å². The lowest BCUT2D eigenvalue weighted by molar-refractivity contribution is 0.103. The number of nitrogens with zero attached hydrogens (tertiary/aromatic N) is 3. The van der Waals surface area contributed by atoms with E-state index in [4.69, 9.17) is 5.73 Å². The monoisotopic (exact) mass is 285 g/mol. The fourth-order valence-corrected chi connectivity index (χ4v) is 2.84. The Morgan fingerprint density at radius 2 is 2.05 bits per heavy atom. The number of nitrogens with one attached hydrogen (secondary N) is 1. The Balaban J connectivity index is 1.97. The molecule has 0 spiro atoms. The lowest BCUT2D eigenvalue weighted by atomic mass is 10.2. The number of anilines is 2. The third-order valence-electron chi connectivity index (χ3n) is 2.76. The highest BCUT2D eigenvalue weighted by molar-refractivity contribution is 7.21. The topological polar surface area (TPSA) is 93.8 Å². The molecule has 0 radical (unpaired) electrons. The van der Waals surface area contributed by atoms with Crippen molar-refractivity contribution in [1.82, 2.24) is 15.0 Å². The molecule has 0 aliphatic heterocycles. The minimum Gasteiger partial charge on any atom is -0.397 e. The molecule has 3 aromatic rings. The normalized spacial score (nSPS) is 10.7. The quantitative estimate of drug-likeness (QED) is 0.753. The van der Waals surface area contributed by atoms with Gasteiger partial charge < -0.3 is 11.1 Å². The highest BCUT2D eigenvalue weighted by Gasteiger charge is 2.17. The molecule has 6 nitrogen and oxygen atoms in total. The molecule has 3 aromatic heterocycles. The van der Waals surface area contributed by atoms with E-state index in [1.807, 2.05) is 19.1 Å². The standard InChI is InChI=1S/C13H11N5OS/c1-7-2-3-9-10(14)11(20-13(9)17-7)12(19)18-8-4-15-6-16-5-8/h2-6H,14H2,1H3,(H,18,19). The van der Waals surface area contributed by atoms with E-state index in [-0.39, 0.29) is 5.91 Å². The number of hydrogen-bond acceptors (Lipinski definition) is 6. The first-order valence-electron chi connectivity index (χ1n) is 5.87. The highest BCUT2D eigenvalue weighted by Crippen LogP contribution is 2.32. The number of pyridine rings is 1. The Bertz CT molecular complexity index is 784. The van der Waals surface area contributed by atoms with E-state index in [0.717, 1.165) is 15.9 Å². The van der Waals surface area contributed by atoms with Crippen LogP contribution in [0.4, 0.5) is 11.4 Å². The number of aryl methyl sites for hydroxylation is 1. The fraction of sp³-hybridized carbons (Fsp3) is 0.0769. The molecule has 20 heavy (non-hydrogen) atoms. The molecule has 7 heteroatoms. The summed E-state index contributed by atoms with van der Waals surface area (Å²) >= 11 is 1.28. The smallest absolute Gasteiger partial charge is 0.268 e. The number of rotatable bonds is 2. The van der Waals surface area contributed by atoms with Gasteiger partial charge in [0.15, 0.2) is 0 Å². The first-order valence-corrected chi connectivity index (χ1v) is 6.69. The van der Waals surface area contributed by atoms with Gasteiger partial charge in [0, 0.05) is 11.1 Å². The van der Waals surface area contributed by atoms with Gasteiger partial charge in [-0.3, -0.25) is 4.79 Å². The fourth-order valence-electron chi connectivity index (χ4n) is 1.81. The van der Waals surface area contributed by atoms with Crippen molar-refractivity contribution in [3.05, 3.63) is 41.4 Å². The maximum Gasteiger partial charge on any atom is 0.268 e. The van der Waals surface area contributed by atoms with Crippen LogP contribution in [0.15, 0.2) is 30.9 Å². The van der Waals surface area contributed by atoms with E-state index in [0.29, 0.717) is 16.3 Å². The van der Waals surface area contributed by atoms with Crippen molar-refractivity contribution in [3.63, 3.8) is 0 Å². The van der Waals surface area contributed by atoms with Crippen LogP contribution < -0.4 is 11.1 Å². The van der Waals surface area contributed by atoms with Gasteiger partial charge in [0.1, 0.15) is 16.0 Å². The van der Waals surface area contributed by atoms with Crippen molar-refractivity contribution in [2.75, 3.05) is 11.1 Å². The molecule has 0 saturated heterocycles.